The third-order valence-corrected chi connectivity index (χ3v) is 6.75. The van der Waals surface area contributed by atoms with E-state index in [1.54, 1.807) is 19.1 Å². The predicted molar refractivity (Wildman–Crippen MR) is 111 cm³/mol. The highest BCUT2D eigenvalue weighted by molar-refractivity contribution is 7.89. The highest BCUT2D eigenvalue weighted by Gasteiger charge is 2.28. The van der Waals surface area contributed by atoms with Crippen LogP contribution in [0.3, 0.4) is 0 Å². The van der Waals surface area contributed by atoms with Crippen molar-refractivity contribution >= 4 is 21.8 Å². The van der Waals surface area contributed by atoms with Crippen molar-refractivity contribution in [1.29, 1.82) is 0 Å². The molecule has 0 spiro atoms. The molecule has 1 atom stereocenters. The number of methoxy groups -OCH3 is 1. The smallest absolute Gasteiger partial charge is 0.242 e. The van der Waals surface area contributed by atoms with Gasteiger partial charge in [-0.25, -0.2) is 13.1 Å². The summed E-state index contributed by atoms with van der Waals surface area (Å²) in [5, 5.41) is 14.0. The third kappa shape index (κ3) is 6.96. The second-order valence-electron chi connectivity index (χ2n) is 7.49. The van der Waals surface area contributed by atoms with Gasteiger partial charge in [0.1, 0.15) is 11.8 Å². The molecule has 0 aliphatic heterocycles. The Labute approximate surface area is 177 Å². The first-order valence-corrected chi connectivity index (χ1v) is 11.6. The minimum Gasteiger partial charge on any atom is -0.497 e. The lowest BCUT2D eigenvalue weighted by Crippen LogP contribution is -2.47. The number of amides is 2. The van der Waals surface area contributed by atoms with Crippen molar-refractivity contribution in [1.82, 2.24) is 15.4 Å². The van der Waals surface area contributed by atoms with E-state index in [4.69, 9.17) is 9.84 Å². The molecule has 1 aromatic rings. The number of carbonyl (C=O) groups is 2. The zero-order chi connectivity index (χ0) is 22.1. The monoisotopic (exact) mass is 441 g/mol. The van der Waals surface area contributed by atoms with Crippen LogP contribution in [-0.2, 0) is 19.6 Å². The van der Waals surface area contributed by atoms with E-state index in [1.165, 1.54) is 19.2 Å². The van der Waals surface area contributed by atoms with Crippen LogP contribution in [0.5, 0.6) is 5.75 Å². The highest BCUT2D eigenvalue weighted by atomic mass is 32.2. The molecule has 0 aromatic heterocycles. The Kier molecular flexibility index (Phi) is 9.07. The molecule has 30 heavy (non-hydrogen) atoms. The van der Waals surface area contributed by atoms with E-state index < -0.39 is 16.1 Å². The summed E-state index contributed by atoms with van der Waals surface area (Å²) < 4.78 is 32.6. The van der Waals surface area contributed by atoms with E-state index in [-0.39, 0.29) is 41.7 Å². The summed E-state index contributed by atoms with van der Waals surface area (Å²) in [7, 11) is -2.08. The summed E-state index contributed by atoms with van der Waals surface area (Å²) in [5.74, 6) is 0.0589. The number of nitrogens with one attached hydrogen (secondary N) is 3. The van der Waals surface area contributed by atoms with Crippen LogP contribution in [0, 0.1) is 11.8 Å². The lowest BCUT2D eigenvalue weighted by atomic mass is 9.81. The largest absolute Gasteiger partial charge is 0.497 e. The molecule has 9 nitrogen and oxygen atoms in total. The Hall–Kier alpha value is -2.17. The van der Waals surface area contributed by atoms with Crippen molar-refractivity contribution in [3.8, 4) is 5.75 Å². The molecule has 2 amide bonds. The van der Waals surface area contributed by atoms with Crippen molar-refractivity contribution in [3.05, 3.63) is 24.3 Å². The standard InChI is InChI=1S/C20H31N3O6S/c1-14(19(25)21-11-12-24)23-20(26)16-5-3-15(4-6-16)13-22-30(27,28)18-9-7-17(29-2)8-10-18/h7-10,14-16,22,24H,3-6,11-13H2,1-2H3,(H,21,25)(H,23,26)/t14-,15?,16?/m1/s1. The Morgan fingerprint density at radius 1 is 1.17 bits per heavy atom. The first kappa shape index (κ1) is 24.1. The summed E-state index contributed by atoms with van der Waals surface area (Å²) in [6, 6.07) is 5.53. The maximum atomic E-state index is 12.4. The molecule has 168 valence electrons. The van der Waals surface area contributed by atoms with Gasteiger partial charge in [-0.1, -0.05) is 0 Å². The molecule has 0 heterocycles. The Morgan fingerprint density at radius 3 is 2.37 bits per heavy atom. The summed E-state index contributed by atoms with van der Waals surface area (Å²) in [4.78, 5) is 24.4. The lowest BCUT2D eigenvalue weighted by Gasteiger charge is -2.28. The number of aliphatic hydroxyl groups is 1. The Bertz CT molecular complexity index is 804. The van der Waals surface area contributed by atoms with Crippen LogP contribution in [0.4, 0.5) is 0 Å². The quantitative estimate of drug-likeness (QED) is 0.415. The molecular formula is C20H31N3O6S. The van der Waals surface area contributed by atoms with Gasteiger partial charge in [0, 0.05) is 19.0 Å². The van der Waals surface area contributed by atoms with Gasteiger partial charge >= 0.3 is 0 Å². The van der Waals surface area contributed by atoms with E-state index >= 15 is 0 Å². The Morgan fingerprint density at radius 2 is 1.80 bits per heavy atom. The lowest BCUT2D eigenvalue weighted by molar-refractivity contribution is -0.131. The second-order valence-corrected chi connectivity index (χ2v) is 9.26. The number of aliphatic hydroxyl groups excluding tert-OH is 1. The molecule has 2 rings (SSSR count). The predicted octanol–water partition coefficient (Wildman–Crippen LogP) is 0.393. The molecule has 0 radical (unpaired) electrons. The first-order chi connectivity index (χ1) is 14.3. The van der Waals surface area contributed by atoms with Gasteiger partial charge in [0.05, 0.1) is 18.6 Å². The molecule has 1 saturated carbocycles. The van der Waals surface area contributed by atoms with Gasteiger partial charge in [-0.05, 0) is 62.8 Å². The van der Waals surface area contributed by atoms with Crippen molar-refractivity contribution in [2.45, 2.75) is 43.5 Å². The van der Waals surface area contributed by atoms with Crippen molar-refractivity contribution < 1.29 is 27.9 Å². The number of ether oxygens (including phenoxy) is 1. The number of sulfonamides is 1. The average Bonchev–Trinajstić information content (AvgIpc) is 2.76. The van der Waals surface area contributed by atoms with Gasteiger partial charge in [-0.3, -0.25) is 9.59 Å². The molecule has 1 aliphatic carbocycles. The fraction of sp³-hybridized carbons (Fsp3) is 0.600. The van der Waals surface area contributed by atoms with Crippen LogP contribution in [-0.4, -0.2) is 58.2 Å². The van der Waals surface area contributed by atoms with E-state index in [0.29, 0.717) is 25.1 Å². The zero-order valence-electron chi connectivity index (χ0n) is 17.4. The Balaban J connectivity index is 1.77. The van der Waals surface area contributed by atoms with E-state index in [9.17, 15) is 18.0 Å². The average molecular weight is 442 g/mol. The van der Waals surface area contributed by atoms with Crippen molar-refractivity contribution in [2.75, 3.05) is 26.8 Å². The molecular weight excluding hydrogens is 410 g/mol. The van der Waals surface area contributed by atoms with Crippen LogP contribution in [0.25, 0.3) is 0 Å². The second kappa shape index (κ2) is 11.3. The van der Waals surface area contributed by atoms with Gasteiger partial charge in [-0.2, -0.15) is 0 Å². The number of benzene rings is 1. The normalized spacial score (nSPS) is 20.2. The third-order valence-electron chi connectivity index (χ3n) is 5.31. The summed E-state index contributed by atoms with van der Waals surface area (Å²) in [5.41, 5.74) is 0. The number of rotatable bonds is 10. The van der Waals surface area contributed by atoms with Gasteiger partial charge in [-0.15, -0.1) is 0 Å². The van der Waals surface area contributed by atoms with E-state index in [2.05, 4.69) is 15.4 Å². The molecule has 0 bridgehead atoms. The molecule has 0 saturated heterocycles. The minimum absolute atomic E-state index is 0.149. The fourth-order valence-corrected chi connectivity index (χ4v) is 4.54. The van der Waals surface area contributed by atoms with Gasteiger partial charge in [0.25, 0.3) is 0 Å². The van der Waals surface area contributed by atoms with Gasteiger partial charge < -0.3 is 20.5 Å². The molecule has 4 N–H and O–H groups in total. The summed E-state index contributed by atoms with van der Waals surface area (Å²) >= 11 is 0. The fourth-order valence-electron chi connectivity index (χ4n) is 3.42. The summed E-state index contributed by atoms with van der Waals surface area (Å²) in [6.45, 7) is 1.92. The SMILES string of the molecule is COc1ccc(S(=O)(=O)NCC2CCC(C(=O)N[C@H](C)C(=O)NCCO)CC2)cc1. The topological polar surface area (TPSA) is 134 Å². The van der Waals surface area contributed by atoms with Crippen LogP contribution < -0.4 is 20.1 Å². The molecule has 1 aliphatic rings. The number of hydrogen-bond donors (Lipinski definition) is 4. The number of carbonyl (C=O) groups excluding carboxylic acids is 2. The van der Waals surface area contributed by atoms with Gasteiger partial charge in [0.2, 0.25) is 21.8 Å². The van der Waals surface area contributed by atoms with Crippen molar-refractivity contribution in [2.24, 2.45) is 11.8 Å². The molecule has 0 unspecified atom stereocenters. The van der Waals surface area contributed by atoms with Crippen molar-refractivity contribution in [3.63, 3.8) is 0 Å². The highest BCUT2D eigenvalue weighted by Crippen LogP contribution is 2.29. The van der Waals surface area contributed by atoms with Gasteiger partial charge in [0.15, 0.2) is 0 Å². The van der Waals surface area contributed by atoms with Crippen LogP contribution in [0.1, 0.15) is 32.6 Å². The summed E-state index contributed by atoms with van der Waals surface area (Å²) in [6.07, 6.45) is 2.75. The van der Waals surface area contributed by atoms with E-state index in [0.717, 1.165) is 12.8 Å². The molecule has 1 fully saturated rings. The molecule has 10 heteroatoms. The number of hydrogen-bond acceptors (Lipinski definition) is 6. The molecule has 1 aromatic carbocycles. The van der Waals surface area contributed by atoms with Crippen LogP contribution >= 0.6 is 0 Å². The zero-order valence-corrected chi connectivity index (χ0v) is 18.2. The van der Waals surface area contributed by atoms with Crippen LogP contribution in [0.15, 0.2) is 29.2 Å². The minimum atomic E-state index is -3.59. The first-order valence-electron chi connectivity index (χ1n) is 10.1. The maximum Gasteiger partial charge on any atom is 0.242 e. The maximum absolute atomic E-state index is 12.4. The van der Waals surface area contributed by atoms with E-state index in [1.807, 2.05) is 0 Å². The van der Waals surface area contributed by atoms with Crippen LogP contribution in [0.2, 0.25) is 0 Å².